The van der Waals surface area contributed by atoms with Gasteiger partial charge in [-0.2, -0.15) is 0 Å². The van der Waals surface area contributed by atoms with Gasteiger partial charge in [0.1, 0.15) is 5.76 Å². The van der Waals surface area contributed by atoms with Crippen LogP contribution in [0.5, 0.6) is 0 Å². The Morgan fingerprint density at radius 1 is 1.24 bits per heavy atom. The molecule has 1 unspecified atom stereocenters. The molecule has 0 fully saturated rings. The lowest BCUT2D eigenvalue weighted by atomic mass is 9.86. The molecule has 1 aromatic heterocycles. The van der Waals surface area contributed by atoms with E-state index in [-0.39, 0.29) is 17.4 Å². The zero-order valence-electron chi connectivity index (χ0n) is 16.0. The lowest BCUT2D eigenvalue weighted by molar-refractivity contribution is -0.119. The third-order valence-electron chi connectivity index (χ3n) is 4.31. The summed E-state index contributed by atoms with van der Waals surface area (Å²) >= 11 is 1.58. The highest BCUT2D eigenvalue weighted by Crippen LogP contribution is 2.24. The fourth-order valence-corrected chi connectivity index (χ4v) is 3.58. The average Bonchev–Trinajstić information content (AvgIpc) is 2.86. The molecule has 1 aromatic carbocycles. The number of carbonyl (C=O) groups excluding carboxylic acids is 1. The highest BCUT2D eigenvalue weighted by molar-refractivity contribution is 7.99. The van der Waals surface area contributed by atoms with Crippen molar-refractivity contribution in [2.45, 2.75) is 58.8 Å². The average molecular weight is 361 g/mol. The summed E-state index contributed by atoms with van der Waals surface area (Å²) in [5, 5.41) is 7.00. The largest absolute Gasteiger partial charge is 0.361 e. The minimum absolute atomic E-state index is 0.00109. The quantitative estimate of drug-likeness (QED) is 0.811. The summed E-state index contributed by atoms with van der Waals surface area (Å²) < 4.78 is 5.14. The summed E-state index contributed by atoms with van der Waals surface area (Å²) in [6.07, 6.45) is 0. The monoisotopic (exact) mass is 360 g/mol. The molecule has 2 rings (SSSR count). The zero-order chi connectivity index (χ0) is 18.6. The maximum atomic E-state index is 12.2. The van der Waals surface area contributed by atoms with Crippen LogP contribution in [-0.2, 0) is 16.0 Å². The van der Waals surface area contributed by atoms with Crippen LogP contribution in [0.15, 0.2) is 28.8 Å². The van der Waals surface area contributed by atoms with Gasteiger partial charge in [0.2, 0.25) is 5.91 Å². The molecule has 0 spiro atoms. The third-order valence-corrected chi connectivity index (χ3v) is 5.27. The highest BCUT2D eigenvalue weighted by Gasteiger charge is 2.15. The van der Waals surface area contributed by atoms with Crippen molar-refractivity contribution in [3.8, 4) is 0 Å². The van der Waals surface area contributed by atoms with Gasteiger partial charge in [0.05, 0.1) is 17.5 Å². The molecule has 0 saturated heterocycles. The molecule has 136 valence electrons. The van der Waals surface area contributed by atoms with Crippen molar-refractivity contribution in [2.24, 2.45) is 0 Å². The molecule has 0 aliphatic heterocycles. The normalized spacial score (nSPS) is 12.9. The van der Waals surface area contributed by atoms with E-state index in [1.165, 1.54) is 5.56 Å². The number of aryl methyl sites for hydroxylation is 2. The standard InChI is InChI=1S/C20H28N2O2S/c1-13(16-7-9-17(10-8-16)20(4,5)6)21-19(23)12-25-11-18-14(2)22-24-15(18)3/h7-10,13H,11-12H2,1-6H3,(H,21,23). The van der Waals surface area contributed by atoms with Crippen LogP contribution in [-0.4, -0.2) is 16.8 Å². The second-order valence-corrected chi connectivity index (χ2v) is 8.44. The highest BCUT2D eigenvalue weighted by atomic mass is 32.2. The van der Waals surface area contributed by atoms with E-state index in [4.69, 9.17) is 4.52 Å². The van der Waals surface area contributed by atoms with Gasteiger partial charge in [-0.15, -0.1) is 11.8 Å². The van der Waals surface area contributed by atoms with E-state index in [1.807, 2.05) is 20.8 Å². The Labute approximate surface area is 154 Å². The first-order valence-corrected chi connectivity index (χ1v) is 9.73. The van der Waals surface area contributed by atoms with E-state index in [1.54, 1.807) is 11.8 Å². The van der Waals surface area contributed by atoms with Crippen LogP contribution in [0.2, 0.25) is 0 Å². The number of benzene rings is 1. The fraction of sp³-hybridized carbons (Fsp3) is 0.500. The number of hydrogen-bond acceptors (Lipinski definition) is 4. The number of amides is 1. The number of rotatable bonds is 6. The third kappa shape index (κ3) is 5.36. The van der Waals surface area contributed by atoms with Crippen molar-refractivity contribution < 1.29 is 9.32 Å². The van der Waals surface area contributed by atoms with Crippen LogP contribution in [0, 0.1) is 13.8 Å². The molecule has 0 bridgehead atoms. The van der Waals surface area contributed by atoms with E-state index in [9.17, 15) is 4.79 Å². The Morgan fingerprint density at radius 2 is 1.88 bits per heavy atom. The lowest BCUT2D eigenvalue weighted by Gasteiger charge is -2.20. The Morgan fingerprint density at radius 3 is 2.40 bits per heavy atom. The maximum Gasteiger partial charge on any atom is 0.230 e. The molecule has 0 saturated carbocycles. The number of hydrogen-bond donors (Lipinski definition) is 1. The zero-order valence-corrected chi connectivity index (χ0v) is 16.8. The van der Waals surface area contributed by atoms with Crippen LogP contribution < -0.4 is 5.32 Å². The SMILES string of the molecule is Cc1noc(C)c1CSCC(=O)NC(C)c1ccc(C(C)(C)C)cc1. The predicted molar refractivity (Wildman–Crippen MR) is 104 cm³/mol. The molecule has 0 aliphatic carbocycles. The van der Waals surface area contributed by atoms with Crippen LogP contribution in [0.4, 0.5) is 0 Å². The van der Waals surface area contributed by atoms with Crippen molar-refractivity contribution in [3.05, 3.63) is 52.4 Å². The van der Waals surface area contributed by atoms with E-state index in [2.05, 4.69) is 55.5 Å². The van der Waals surface area contributed by atoms with Crippen molar-refractivity contribution in [3.63, 3.8) is 0 Å². The first-order valence-electron chi connectivity index (χ1n) is 8.57. The molecule has 4 nitrogen and oxygen atoms in total. The Bertz CT molecular complexity index is 695. The maximum absolute atomic E-state index is 12.2. The van der Waals surface area contributed by atoms with Gasteiger partial charge in [0, 0.05) is 11.3 Å². The van der Waals surface area contributed by atoms with Gasteiger partial charge >= 0.3 is 0 Å². The van der Waals surface area contributed by atoms with Gasteiger partial charge in [-0.25, -0.2) is 0 Å². The van der Waals surface area contributed by atoms with Crippen LogP contribution in [0.25, 0.3) is 0 Å². The molecular weight excluding hydrogens is 332 g/mol. The molecule has 0 aliphatic rings. The van der Waals surface area contributed by atoms with Crippen molar-refractivity contribution in [1.29, 1.82) is 0 Å². The Kier molecular flexibility index (Phi) is 6.33. The van der Waals surface area contributed by atoms with Gasteiger partial charge in [-0.05, 0) is 37.3 Å². The molecule has 0 radical (unpaired) electrons. The molecule has 1 heterocycles. The van der Waals surface area contributed by atoms with Gasteiger partial charge in [0.25, 0.3) is 0 Å². The first kappa shape index (κ1) is 19.6. The second kappa shape index (κ2) is 8.09. The summed E-state index contributed by atoms with van der Waals surface area (Å²) in [5.41, 5.74) is 4.54. The number of aromatic nitrogens is 1. The second-order valence-electron chi connectivity index (χ2n) is 7.46. The minimum Gasteiger partial charge on any atom is -0.361 e. The van der Waals surface area contributed by atoms with Gasteiger partial charge in [0.15, 0.2) is 0 Å². The van der Waals surface area contributed by atoms with Crippen molar-refractivity contribution >= 4 is 17.7 Å². The van der Waals surface area contributed by atoms with Crippen LogP contribution in [0.3, 0.4) is 0 Å². The van der Waals surface area contributed by atoms with E-state index in [0.29, 0.717) is 5.75 Å². The fourth-order valence-electron chi connectivity index (χ4n) is 2.59. The first-order chi connectivity index (χ1) is 11.7. The van der Waals surface area contributed by atoms with E-state index < -0.39 is 0 Å². The topological polar surface area (TPSA) is 55.1 Å². The summed E-state index contributed by atoms with van der Waals surface area (Å²) in [6, 6.07) is 8.49. The molecule has 1 N–H and O–H groups in total. The van der Waals surface area contributed by atoms with E-state index in [0.717, 1.165) is 28.3 Å². The van der Waals surface area contributed by atoms with Crippen LogP contribution >= 0.6 is 11.8 Å². The van der Waals surface area contributed by atoms with Crippen LogP contribution in [0.1, 0.15) is 61.9 Å². The molecule has 25 heavy (non-hydrogen) atoms. The summed E-state index contributed by atoms with van der Waals surface area (Å²) in [4.78, 5) is 12.2. The Hall–Kier alpha value is -1.75. The molecular formula is C20H28N2O2S. The molecule has 1 amide bonds. The number of nitrogens with one attached hydrogen (secondary N) is 1. The van der Waals surface area contributed by atoms with Gasteiger partial charge in [-0.1, -0.05) is 50.2 Å². The summed E-state index contributed by atoms with van der Waals surface area (Å²) in [5.74, 6) is 2.04. The smallest absolute Gasteiger partial charge is 0.230 e. The number of nitrogens with zero attached hydrogens (tertiary/aromatic N) is 1. The minimum atomic E-state index is 0.00109. The summed E-state index contributed by atoms with van der Waals surface area (Å²) in [6.45, 7) is 12.4. The lowest BCUT2D eigenvalue weighted by Crippen LogP contribution is -2.28. The number of thioether (sulfide) groups is 1. The van der Waals surface area contributed by atoms with Gasteiger partial charge in [-0.3, -0.25) is 4.79 Å². The van der Waals surface area contributed by atoms with Crippen molar-refractivity contribution in [1.82, 2.24) is 10.5 Å². The van der Waals surface area contributed by atoms with Crippen molar-refractivity contribution in [2.75, 3.05) is 5.75 Å². The number of carbonyl (C=O) groups is 1. The molecule has 5 heteroatoms. The summed E-state index contributed by atoms with van der Waals surface area (Å²) in [7, 11) is 0. The Balaban J connectivity index is 1.83. The van der Waals surface area contributed by atoms with Gasteiger partial charge < -0.3 is 9.84 Å². The molecule has 2 aromatic rings. The predicted octanol–water partition coefficient (Wildman–Crippen LogP) is 4.70. The van der Waals surface area contributed by atoms with E-state index >= 15 is 0 Å². The molecule has 1 atom stereocenters.